The highest BCUT2D eigenvalue weighted by molar-refractivity contribution is 5.62. The number of rotatable bonds is 3. The Morgan fingerprint density at radius 2 is 1.88 bits per heavy atom. The minimum atomic E-state index is -0.621. The lowest BCUT2D eigenvalue weighted by Crippen LogP contribution is -2.28. The van der Waals surface area contributed by atoms with Crippen LogP contribution < -0.4 is 19.5 Å². The van der Waals surface area contributed by atoms with Gasteiger partial charge in [-0.3, -0.25) is 10.1 Å². The number of fused-ring (bicyclic) bond motifs is 3. The summed E-state index contributed by atoms with van der Waals surface area (Å²) < 4.78 is 16.7. The van der Waals surface area contributed by atoms with Gasteiger partial charge in [-0.1, -0.05) is 30.3 Å². The number of benzene rings is 2. The topological polar surface area (TPSA) is 82.9 Å². The maximum Gasteiger partial charge on any atom is 0.317 e. The molecule has 122 valence electrons. The number of hydrogen-bond donors (Lipinski definition) is 1. The van der Waals surface area contributed by atoms with Crippen molar-refractivity contribution >= 4 is 0 Å². The van der Waals surface area contributed by atoms with Gasteiger partial charge in [0.15, 0.2) is 11.5 Å². The first-order valence-corrected chi connectivity index (χ1v) is 7.42. The summed E-state index contributed by atoms with van der Waals surface area (Å²) in [5, 5.41) is 14.6. The molecule has 0 saturated heterocycles. The summed E-state index contributed by atoms with van der Waals surface area (Å²) in [4.78, 5) is 11.4. The van der Waals surface area contributed by atoms with E-state index < -0.39 is 10.8 Å². The van der Waals surface area contributed by atoms with Crippen LogP contribution in [-0.4, -0.2) is 18.8 Å². The molecular formula is C17H14N2O5. The minimum absolute atomic E-state index is 0.0555. The fourth-order valence-electron chi connectivity index (χ4n) is 3.11. The number of nitrogens with zero attached hydrogens (tertiary/aromatic N) is 1. The van der Waals surface area contributed by atoms with Crippen molar-refractivity contribution in [3.8, 4) is 17.2 Å². The van der Waals surface area contributed by atoms with E-state index in [0.717, 1.165) is 5.56 Å². The second-order valence-electron chi connectivity index (χ2n) is 5.38. The van der Waals surface area contributed by atoms with Crippen molar-refractivity contribution in [3.63, 3.8) is 0 Å². The molecule has 7 heteroatoms. The molecule has 0 amide bonds. The Balaban J connectivity index is 2.01. The molecule has 0 radical (unpaired) electrons. The van der Waals surface area contributed by atoms with E-state index in [1.54, 1.807) is 19.2 Å². The molecule has 0 bridgehead atoms. The molecule has 0 aromatic heterocycles. The van der Waals surface area contributed by atoms with Gasteiger partial charge in [-0.25, -0.2) is 0 Å². The van der Waals surface area contributed by atoms with Crippen LogP contribution in [0.1, 0.15) is 17.0 Å². The fraction of sp³-hybridized carbons (Fsp3) is 0.176. The predicted molar refractivity (Wildman–Crippen MR) is 84.6 cm³/mol. The third kappa shape index (κ3) is 2.05. The summed E-state index contributed by atoms with van der Waals surface area (Å²) in [6.07, 6.45) is 0. The van der Waals surface area contributed by atoms with Gasteiger partial charge in [-0.15, -0.1) is 0 Å². The van der Waals surface area contributed by atoms with Crippen LogP contribution in [-0.2, 0) is 0 Å². The number of nitro groups is 1. The van der Waals surface area contributed by atoms with Crippen molar-refractivity contribution in [1.29, 1.82) is 0 Å². The molecule has 0 saturated carbocycles. The Kier molecular flexibility index (Phi) is 3.26. The summed E-state index contributed by atoms with van der Waals surface area (Å²) in [5.74, 6) is 1.08. The third-order valence-corrected chi connectivity index (χ3v) is 4.10. The Hall–Kier alpha value is -3.22. The predicted octanol–water partition coefficient (Wildman–Crippen LogP) is 2.60. The second-order valence-corrected chi connectivity index (χ2v) is 5.38. The van der Waals surface area contributed by atoms with Gasteiger partial charge in [0, 0.05) is 7.05 Å². The molecule has 2 heterocycles. The van der Waals surface area contributed by atoms with Crippen molar-refractivity contribution < 1.29 is 19.1 Å². The normalized spacial score (nSPS) is 18.0. The van der Waals surface area contributed by atoms with E-state index in [-0.39, 0.29) is 18.4 Å². The monoisotopic (exact) mass is 326 g/mol. The van der Waals surface area contributed by atoms with E-state index in [1.807, 2.05) is 30.3 Å². The Morgan fingerprint density at radius 3 is 2.58 bits per heavy atom. The minimum Gasteiger partial charge on any atom is -0.454 e. The van der Waals surface area contributed by atoms with Crippen LogP contribution in [0.3, 0.4) is 0 Å². The van der Waals surface area contributed by atoms with E-state index in [0.29, 0.717) is 22.8 Å². The number of allylic oxidation sites excluding steroid dienone is 1. The first-order chi connectivity index (χ1) is 11.7. The molecule has 1 N–H and O–H groups in total. The smallest absolute Gasteiger partial charge is 0.317 e. The van der Waals surface area contributed by atoms with Crippen molar-refractivity contribution in [3.05, 3.63) is 75.3 Å². The molecular weight excluding hydrogens is 312 g/mol. The molecule has 2 aliphatic rings. The number of nitrogens with one attached hydrogen (secondary N) is 1. The first-order valence-electron chi connectivity index (χ1n) is 7.42. The van der Waals surface area contributed by atoms with Gasteiger partial charge in [0.25, 0.3) is 5.88 Å². The fourth-order valence-corrected chi connectivity index (χ4v) is 3.11. The molecule has 7 nitrogen and oxygen atoms in total. The Morgan fingerprint density at radius 1 is 1.12 bits per heavy atom. The van der Waals surface area contributed by atoms with Crippen molar-refractivity contribution in [2.24, 2.45) is 0 Å². The molecule has 0 aliphatic carbocycles. The second kappa shape index (κ2) is 5.45. The molecule has 24 heavy (non-hydrogen) atoms. The van der Waals surface area contributed by atoms with Gasteiger partial charge in [0.05, 0.1) is 10.5 Å². The summed E-state index contributed by atoms with van der Waals surface area (Å²) in [6.45, 7) is 0.0870. The highest BCUT2D eigenvalue weighted by Gasteiger charge is 2.43. The molecule has 4 rings (SSSR count). The summed E-state index contributed by atoms with van der Waals surface area (Å²) in [7, 11) is 1.60. The molecule has 0 spiro atoms. The zero-order chi connectivity index (χ0) is 16.7. The van der Waals surface area contributed by atoms with Crippen molar-refractivity contribution in [2.75, 3.05) is 13.8 Å². The number of hydrogen-bond acceptors (Lipinski definition) is 6. The summed E-state index contributed by atoms with van der Waals surface area (Å²) in [6, 6.07) is 12.8. The zero-order valence-electron chi connectivity index (χ0n) is 12.8. The highest BCUT2D eigenvalue weighted by atomic mass is 16.7. The summed E-state index contributed by atoms with van der Waals surface area (Å²) >= 11 is 0. The highest BCUT2D eigenvalue weighted by Crippen LogP contribution is 2.51. The van der Waals surface area contributed by atoms with Crippen LogP contribution in [0.15, 0.2) is 54.0 Å². The van der Waals surface area contributed by atoms with E-state index in [9.17, 15) is 10.1 Å². The number of ether oxygens (including phenoxy) is 3. The van der Waals surface area contributed by atoms with Gasteiger partial charge in [-0.05, 0) is 17.7 Å². The van der Waals surface area contributed by atoms with Crippen LogP contribution in [0.25, 0.3) is 0 Å². The van der Waals surface area contributed by atoms with Crippen LogP contribution in [0.5, 0.6) is 17.2 Å². The first kappa shape index (κ1) is 14.4. The van der Waals surface area contributed by atoms with Crippen LogP contribution in [0.2, 0.25) is 0 Å². The Labute approximate surface area is 137 Å². The standard InChI is InChI=1S/C17H14N2O5/c1-18-17-15(19(20)21)13(10-5-3-2-4-6-10)14-11(24-17)7-8-12-16(14)23-9-22-12/h2-8,13,18H,9H2,1H3. The van der Waals surface area contributed by atoms with E-state index >= 15 is 0 Å². The van der Waals surface area contributed by atoms with Crippen LogP contribution in [0, 0.1) is 10.1 Å². The average Bonchev–Trinajstić information content (AvgIpc) is 3.09. The van der Waals surface area contributed by atoms with Gasteiger partial charge in [-0.2, -0.15) is 0 Å². The third-order valence-electron chi connectivity index (χ3n) is 4.10. The molecule has 1 atom stereocenters. The summed E-state index contributed by atoms with van der Waals surface area (Å²) in [5.41, 5.74) is 1.34. The van der Waals surface area contributed by atoms with E-state index in [2.05, 4.69) is 5.32 Å². The van der Waals surface area contributed by atoms with E-state index in [1.165, 1.54) is 0 Å². The van der Waals surface area contributed by atoms with E-state index in [4.69, 9.17) is 14.2 Å². The Bertz CT molecular complexity index is 848. The zero-order valence-corrected chi connectivity index (χ0v) is 12.8. The largest absolute Gasteiger partial charge is 0.454 e. The van der Waals surface area contributed by atoms with Gasteiger partial charge >= 0.3 is 5.70 Å². The molecule has 2 aromatic rings. The lowest BCUT2D eigenvalue weighted by molar-refractivity contribution is -0.432. The molecule has 1 unspecified atom stereocenters. The maximum absolute atomic E-state index is 11.8. The quantitative estimate of drug-likeness (QED) is 0.689. The molecule has 2 aliphatic heterocycles. The lowest BCUT2D eigenvalue weighted by atomic mass is 9.85. The van der Waals surface area contributed by atoms with Gasteiger partial charge in [0.1, 0.15) is 11.7 Å². The van der Waals surface area contributed by atoms with Gasteiger partial charge in [0.2, 0.25) is 6.79 Å². The molecule has 2 aromatic carbocycles. The van der Waals surface area contributed by atoms with Gasteiger partial charge < -0.3 is 19.5 Å². The van der Waals surface area contributed by atoms with Crippen molar-refractivity contribution in [1.82, 2.24) is 5.32 Å². The van der Waals surface area contributed by atoms with Crippen LogP contribution >= 0.6 is 0 Å². The lowest BCUT2D eigenvalue weighted by Gasteiger charge is -2.26. The van der Waals surface area contributed by atoms with Crippen molar-refractivity contribution in [2.45, 2.75) is 5.92 Å². The SMILES string of the molecule is CNC1=C([N+](=O)[O-])C(c2ccccc2)c2c(ccc3c2OCO3)O1. The molecule has 0 fully saturated rings. The maximum atomic E-state index is 11.8. The van der Waals surface area contributed by atoms with Crippen LogP contribution in [0.4, 0.5) is 0 Å². The average molecular weight is 326 g/mol.